The van der Waals surface area contributed by atoms with Crippen LogP contribution in [0.5, 0.6) is 5.75 Å². The zero-order valence-corrected chi connectivity index (χ0v) is 19.6. The number of carbonyl (C=O) groups is 1. The van der Waals surface area contributed by atoms with Gasteiger partial charge in [-0.05, 0) is 29.8 Å². The van der Waals surface area contributed by atoms with E-state index in [0.29, 0.717) is 37.4 Å². The van der Waals surface area contributed by atoms with Gasteiger partial charge in [-0.15, -0.1) is 5.39 Å². The van der Waals surface area contributed by atoms with Crippen LogP contribution in [0.2, 0.25) is 0 Å². The van der Waals surface area contributed by atoms with E-state index in [1.807, 2.05) is 35.2 Å². The molecular formula is C23H23FN4O2Os. The molecule has 1 saturated heterocycles. The molecule has 1 aliphatic rings. The second-order valence-corrected chi connectivity index (χ2v) is 7.20. The number of rotatable bonds is 5. The zero-order chi connectivity index (χ0) is 21.1. The number of halogens is 1. The van der Waals surface area contributed by atoms with Gasteiger partial charge >= 0.3 is 19.8 Å². The number of methoxy groups -OCH3 is 1. The molecule has 1 atom stereocenters. The summed E-state index contributed by atoms with van der Waals surface area (Å²) in [5.74, 6) is 0.333. The SMILES string of the molecule is COc1ccc2n[c-]c(C(N)[CH-]C(=O)N3CCN(c4ccccc4F)CC3)cc2c1.[Os+2]. The standard InChI is InChI=1S/C23H23FN4O2.Os/c1-30-18-6-7-21-16(13-18)12-17(15-26-21)20(25)14-23(29)28-10-8-27(9-11-28)22-5-3-2-4-19(22)24;/h2-7,12-14,20H,8-11,25H2,1H3;/q-2;+2. The number of piperazine rings is 1. The van der Waals surface area contributed by atoms with Crippen molar-refractivity contribution in [1.82, 2.24) is 9.88 Å². The van der Waals surface area contributed by atoms with Crippen molar-refractivity contribution in [3.05, 3.63) is 72.5 Å². The number of carbonyl (C=O) groups excluding carboxylic acids is 1. The zero-order valence-electron chi connectivity index (χ0n) is 17.1. The third-order valence-electron chi connectivity index (χ3n) is 5.32. The molecule has 0 radical (unpaired) electrons. The van der Waals surface area contributed by atoms with Crippen molar-refractivity contribution >= 4 is 22.5 Å². The maximum atomic E-state index is 14.0. The number of anilines is 1. The molecule has 2 aromatic carbocycles. The number of hydrogen-bond acceptors (Lipinski definition) is 5. The minimum Gasteiger partial charge on any atom is -0.497 e. The van der Waals surface area contributed by atoms with E-state index < -0.39 is 6.04 Å². The number of nitrogens with zero attached hydrogens (tertiary/aromatic N) is 3. The van der Waals surface area contributed by atoms with E-state index in [0.717, 1.165) is 16.7 Å². The van der Waals surface area contributed by atoms with Gasteiger partial charge < -0.3 is 30.0 Å². The van der Waals surface area contributed by atoms with E-state index in [4.69, 9.17) is 10.5 Å². The van der Waals surface area contributed by atoms with E-state index in [1.165, 1.54) is 12.5 Å². The minimum absolute atomic E-state index is 0. The van der Waals surface area contributed by atoms with Crippen molar-refractivity contribution in [3.8, 4) is 5.75 Å². The Balaban J connectivity index is 0.00000272. The van der Waals surface area contributed by atoms with Crippen molar-refractivity contribution in [2.24, 2.45) is 5.73 Å². The largest absolute Gasteiger partial charge is 2.00 e. The number of aromatic nitrogens is 1. The summed E-state index contributed by atoms with van der Waals surface area (Å²) < 4.78 is 19.2. The number of fused-ring (bicyclic) bond motifs is 1. The predicted molar refractivity (Wildman–Crippen MR) is 114 cm³/mol. The Morgan fingerprint density at radius 1 is 1.19 bits per heavy atom. The first-order valence-corrected chi connectivity index (χ1v) is 9.80. The van der Waals surface area contributed by atoms with Crippen molar-refractivity contribution in [2.75, 3.05) is 38.2 Å². The van der Waals surface area contributed by atoms with Gasteiger partial charge in [0.2, 0.25) is 0 Å². The molecule has 1 aliphatic heterocycles. The maximum absolute atomic E-state index is 14.0. The second-order valence-electron chi connectivity index (χ2n) is 7.20. The van der Waals surface area contributed by atoms with Gasteiger partial charge in [-0.2, -0.15) is 11.6 Å². The number of pyridine rings is 1. The van der Waals surface area contributed by atoms with Gasteiger partial charge in [0.1, 0.15) is 11.6 Å². The van der Waals surface area contributed by atoms with Crippen LogP contribution < -0.4 is 15.4 Å². The summed E-state index contributed by atoms with van der Waals surface area (Å²) in [5, 5.41) is 0.873. The molecule has 0 aliphatic carbocycles. The monoisotopic (exact) mass is 598 g/mol. The molecule has 31 heavy (non-hydrogen) atoms. The minimum atomic E-state index is -0.620. The van der Waals surface area contributed by atoms with Gasteiger partial charge in [0.25, 0.3) is 0 Å². The molecule has 2 heterocycles. The third-order valence-corrected chi connectivity index (χ3v) is 5.32. The Morgan fingerprint density at radius 2 is 1.94 bits per heavy atom. The molecule has 2 N–H and O–H groups in total. The number of para-hydroxylation sites is 1. The van der Waals surface area contributed by atoms with Gasteiger partial charge in [-0.3, -0.25) is 6.42 Å². The molecule has 1 unspecified atom stereocenters. The van der Waals surface area contributed by atoms with Crippen LogP contribution >= 0.6 is 0 Å². The Labute approximate surface area is 194 Å². The maximum Gasteiger partial charge on any atom is 2.00 e. The van der Waals surface area contributed by atoms with Gasteiger partial charge in [0, 0.05) is 26.2 Å². The smallest absolute Gasteiger partial charge is 0.497 e. The topological polar surface area (TPSA) is 71.7 Å². The summed E-state index contributed by atoms with van der Waals surface area (Å²) in [6, 6.07) is 13.5. The predicted octanol–water partition coefficient (Wildman–Crippen LogP) is 2.73. The molecule has 3 aromatic rings. The molecule has 8 heteroatoms. The first-order valence-electron chi connectivity index (χ1n) is 9.80. The van der Waals surface area contributed by atoms with E-state index in [1.54, 1.807) is 24.1 Å². The second kappa shape index (κ2) is 10.1. The molecule has 1 aromatic heterocycles. The molecule has 4 rings (SSSR count). The van der Waals surface area contributed by atoms with Crippen LogP contribution in [-0.4, -0.2) is 49.1 Å². The Hall–Kier alpha value is -2.68. The molecule has 0 saturated carbocycles. The van der Waals surface area contributed by atoms with Crippen LogP contribution in [0.4, 0.5) is 10.1 Å². The van der Waals surface area contributed by atoms with Crippen LogP contribution in [0.1, 0.15) is 11.6 Å². The fourth-order valence-electron chi connectivity index (χ4n) is 3.60. The quantitative estimate of drug-likeness (QED) is 0.459. The van der Waals surface area contributed by atoms with Crippen LogP contribution in [0.15, 0.2) is 48.5 Å². The molecule has 1 amide bonds. The normalized spacial score (nSPS) is 14.7. The molecule has 0 bridgehead atoms. The van der Waals surface area contributed by atoms with Crippen molar-refractivity contribution in [3.63, 3.8) is 0 Å². The number of amides is 1. The van der Waals surface area contributed by atoms with Crippen LogP contribution in [0, 0.1) is 18.4 Å². The first kappa shape index (κ1) is 23.0. The van der Waals surface area contributed by atoms with Crippen LogP contribution in [0.25, 0.3) is 10.9 Å². The Kier molecular flexibility index (Phi) is 7.48. The first-order chi connectivity index (χ1) is 14.5. The Morgan fingerprint density at radius 3 is 2.65 bits per heavy atom. The average molecular weight is 597 g/mol. The molecule has 0 spiro atoms. The summed E-state index contributed by atoms with van der Waals surface area (Å²) in [7, 11) is 1.61. The van der Waals surface area contributed by atoms with Gasteiger partial charge in [-0.25, -0.2) is 4.39 Å². The van der Waals surface area contributed by atoms with Gasteiger partial charge in [-0.1, -0.05) is 30.4 Å². The number of hydrogen-bond donors (Lipinski definition) is 1. The third kappa shape index (κ3) is 5.15. The number of ether oxygens (including phenoxy) is 1. The molecule has 162 valence electrons. The summed E-state index contributed by atoms with van der Waals surface area (Å²) in [5.41, 5.74) is 8.22. The summed E-state index contributed by atoms with van der Waals surface area (Å²) in [6.07, 6.45) is 4.41. The van der Waals surface area contributed by atoms with E-state index in [9.17, 15) is 9.18 Å². The summed E-state index contributed by atoms with van der Waals surface area (Å²) >= 11 is 0. The van der Waals surface area contributed by atoms with E-state index in [-0.39, 0.29) is 31.5 Å². The van der Waals surface area contributed by atoms with Crippen LogP contribution in [0.3, 0.4) is 0 Å². The van der Waals surface area contributed by atoms with Crippen LogP contribution in [-0.2, 0) is 24.6 Å². The average Bonchev–Trinajstić information content (AvgIpc) is 2.78. The summed E-state index contributed by atoms with van der Waals surface area (Å²) in [4.78, 5) is 20.7. The molecule has 1 fully saturated rings. The van der Waals surface area contributed by atoms with Crippen molar-refractivity contribution in [2.45, 2.75) is 6.04 Å². The summed E-state index contributed by atoms with van der Waals surface area (Å²) in [6.45, 7) is 2.15. The van der Waals surface area contributed by atoms with Crippen molar-refractivity contribution < 1.29 is 33.7 Å². The fraction of sp³-hybridized carbons (Fsp3) is 0.261. The number of nitrogens with two attached hydrogens (primary N) is 1. The van der Waals surface area contributed by atoms with E-state index in [2.05, 4.69) is 11.2 Å². The van der Waals surface area contributed by atoms with E-state index >= 15 is 0 Å². The fourth-order valence-corrected chi connectivity index (χ4v) is 3.60. The molecule has 6 nitrogen and oxygen atoms in total. The van der Waals surface area contributed by atoms with Crippen molar-refractivity contribution in [1.29, 1.82) is 0 Å². The number of benzene rings is 2. The molecular weight excluding hydrogens is 574 g/mol. The Bertz CT molecular complexity index is 1060. The van der Waals surface area contributed by atoms with Gasteiger partial charge in [0.05, 0.1) is 18.7 Å². The van der Waals surface area contributed by atoms with Gasteiger partial charge in [0.15, 0.2) is 0 Å².